The minimum atomic E-state index is -1.04. The third-order valence-electron chi connectivity index (χ3n) is 3.72. The minimum absolute atomic E-state index is 0.126. The first-order chi connectivity index (χ1) is 12.6. The summed E-state index contributed by atoms with van der Waals surface area (Å²) in [4.78, 5) is 22.7. The standard InChI is InChI=1S/C19H19NO6/c21-18(10-13-4-5-16-17(9-13)25-7-6-24-16)20-11-14-2-1-3-15(8-14)26-12-19(22)23/h1-5,8-9H,6-7,10-12H2,(H,20,21)(H,22,23). The molecular weight excluding hydrogens is 338 g/mol. The van der Waals surface area contributed by atoms with E-state index in [2.05, 4.69) is 5.32 Å². The molecule has 0 aliphatic carbocycles. The summed E-state index contributed by atoms with van der Waals surface area (Å²) >= 11 is 0. The van der Waals surface area contributed by atoms with Crippen LogP contribution in [0.2, 0.25) is 0 Å². The molecule has 1 heterocycles. The van der Waals surface area contributed by atoms with Crippen molar-refractivity contribution in [1.82, 2.24) is 5.32 Å². The maximum Gasteiger partial charge on any atom is 0.341 e. The van der Waals surface area contributed by atoms with Crippen molar-refractivity contribution >= 4 is 11.9 Å². The van der Waals surface area contributed by atoms with Crippen LogP contribution in [-0.2, 0) is 22.6 Å². The first-order valence-corrected chi connectivity index (χ1v) is 8.19. The summed E-state index contributed by atoms with van der Waals surface area (Å²) in [5.74, 6) is 0.635. The van der Waals surface area contributed by atoms with Gasteiger partial charge in [0.1, 0.15) is 19.0 Å². The van der Waals surface area contributed by atoms with Crippen molar-refractivity contribution in [1.29, 1.82) is 0 Å². The van der Waals surface area contributed by atoms with E-state index >= 15 is 0 Å². The van der Waals surface area contributed by atoms with Crippen molar-refractivity contribution in [3.05, 3.63) is 53.6 Å². The van der Waals surface area contributed by atoms with Gasteiger partial charge in [0, 0.05) is 6.54 Å². The fraction of sp³-hybridized carbons (Fsp3) is 0.263. The topological polar surface area (TPSA) is 94.1 Å². The van der Waals surface area contributed by atoms with E-state index in [0.717, 1.165) is 11.1 Å². The number of carboxylic acid groups (broad SMARTS) is 1. The van der Waals surface area contributed by atoms with E-state index in [9.17, 15) is 9.59 Å². The molecule has 0 radical (unpaired) electrons. The number of hydrogen-bond acceptors (Lipinski definition) is 5. The average molecular weight is 357 g/mol. The maximum atomic E-state index is 12.2. The second-order valence-corrected chi connectivity index (χ2v) is 5.76. The highest BCUT2D eigenvalue weighted by atomic mass is 16.6. The normalized spacial score (nSPS) is 12.3. The number of hydrogen-bond donors (Lipinski definition) is 2. The summed E-state index contributed by atoms with van der Waals surface area (Å²) in [5.41, 5.74) is 1.66. The average Bonchev–Trinajstić information content (AvgIpc) is 2.65. The molecule has 0 bridgehead atoms. The largest absolute Gasteiger partial charge is 0.486 e. The van der Waals surface area contributed by atoms with Crippen LogP contribution >= 0.6 is 0 Å². The molecule has 2 N–H and O–H groups in total. The van der Waals surface area contributed by atoms with E-state index < -0.39 is 12.6 Å². The van der Waals surface area contributed by atoms with Gasteiger partial charge in [-0.1, -0.05) is 18.2 Å². The SMILES string of the molecule is O=C(O)COc1cccc(CNC(=O)Cc2ccc3c(c2)OCCO3)c1. The van der Waals surface area contributed by atoms with Crippen molar-refractivity contribution in [3.63, 3.8) is 0 Å². The van der Waals surface area contributed by atoms with E-state index in [1.165, 1.54) is 0 Å². The van der Waals surface area contributed by atoms with Crippen molar-refractivity contribution < 1.29 is 28.9 Å². The van der Waals surface area contributed by atoms with Crippen molar-refractivity contribution in [3.8, 4) is 17.2 Å². The molecule has 136 valence electrons. The lowest BCUT2D eigenvalue weighted by Gasteiger charge is -2.18. The molecule has 0 fully saturated rings. The highest BCUT2D eigenvalue weighted by molar-refractivity contribution is 5.78. The van der Waals surface area contributed by atoms with Gasteiger partial charge in [0.15, 0.2) is 18.1 Å². The van der Waals surface area contributed by atoms with Crippen LogP contribution in [0.1, 0.15) is 11.1 Å². The number of ether oxygens (including phenoxy) is 3. The number of carboxylic acids is 1. The van der Waals surface area contributed by atoms with E-state index in [4.69, 9.17) is 19.3 Å². The van der Waals surface area contributed by atoms with Crippen LogP contribution < -0.4 is 19.5 Å². The van der Waals surface area contributed by atoms with Crippen LogP contribution in [0.5, 0.6) is 17.2 Å². The summed E-state index contributed by atoms with van der Waals surface area (Å²) < 4.78 is 16.1. The zero-order valence-corrected chi connectivity index (χ0v) is 14.1. The maximum absolute atomic E-state index is 12.2. The van der Waals surface area contributed by atoms with E-state index in [1.807, 2.05) is 18.2 Å². The predicted molar refractivity (Wildman–Crippen MR) is 92.6 cm³/mol. The Bertz CT molecular complexity index is 804. The van der Waals surface area contributed by atoms with Crippen molar-refractivity contribution in [2.75, 3.05) is 19.8 Å². The van der Waals surface area contributed by atoms with Crippen molar-refractivity contribution in [2.45, 2.75) is 13.0 Å². The molecule has 1 amide bonds. The number of carbonyl (C=O) groups excluding carboxylic acids is 1. The zero-order chi connectivity index (χ0) is 18.4. The van der Waals surface area contributed by atoms with Gasteiger partial charge in [-0.3, -0.25) is 4.79 Å². The lowest BCUT2D eigenvalue weighted by Crippen LogP contribution is -2.24. The summed E-state index contributed by atoms with van der Waals surface area (Å²) in [6, 6.07) is 12.4. The van der Waals surface area contributed by atoms with Gasteiger partial charge >= 0.3 is 5.97 Å². The fourth-order valence-corrected chi connectivity index (χ4v) is 2.54. The molecule has 1 aliphatic rings. The molecule has 2 aromatic rings. The van der Waals surface area contributed by atoms with Crippen LogP contribution in [-0.4, -0.2) is 36.8 Å². The molecule has 1 aliphatic heterocycles. The Morgan fingerprint density at radius 2 is 1.85 bits per heavy atom. The molecule has 26 heavy (non-hydrogen) atoms. The fourth-order valence-electron chi connectivity index (χ4n) is 2.54. The highest BCUT2D eigenvalue weighted by Gasteiger charge is 2.13. The Morgan fingerprint density at radius 3 is 2.65 bits per heavy atom. The number of aliphatic carboxylic acids is 1. The van der Waals surface area contributed by atoms with Crippen LogP contribution in [0.15, 0.2) is 42.5 Å². The molecule has 7 heteroatoms. The molecule has 0 unspecified atom stereocenters. The Kier molecular flexibility index (Phi) is 5.58. The highest BCUT2D eigenvalue weighted by Crippen LogP contribution is 2.30. The van der Waals surface area contributed by atoms with Crippen LogP contribution in [0.25, 0.3) is 0 Å². The van der Waals surface area contributed by atoms with Gasteiger partial charge in [-0.15, -0.1) is 0 Å². The first-order valence-electron chi connectivity index (χ1n) is 8.19. The third-order valence-corrected chi connectivity index (χ3v) is 3.72. The molecule has 7 nitrogen and oxygen atoms in total. The smallest absolute Gasteiger partial charge is 0.341 e. The zero-order valence-electron chi connectivity index (χ0n) is 14.1. The minimum Gasteiger partial charge on any atom is -0.486 e. The Balaban J connectivity index is 1.52. The molecule has 0 saturated heterocycles. The molecule has 2 aromatic carbocycles. The van der Waals surface area contributed by atoms with Crippen LogP contribution in [0.3, 0.4) is 0 Å². The number of rotatable bonds is 7. The lowest BCUT2D eigenvalue weighted by atomic mass is 10.1. The Morgan fingerprint density at radius 1 is 1.04 bits per heavy atom. The summed E-state index contributed by atoms with van der Waals surface area (Å²) in [6.07, 6.45) is 0.228. The van der Waals surface area contributed by atoms with Gasteiger partial charge in [0.05, 0.1) is 6.42 Å². The summed E-state index contributed by atoms with van der Waals surface area (Å²) in [7, 11) is 0. The molecule has 0 saturated carbocycles. The molecular formula is C19H19NO6. The lowest BCUT2D eigenvalue weighted by molar-refractivity contribution is -0.139. The second kappa shape index (κ2) is 8.24. The molecule has 3 rings (SSSR count). The van der Waals surface area contributed by atoms with Crippen LogP contribution in [0, 0.1) is 0 Å². The summed E-state index contributed by atoms with van der Waals surface area (Å²) in [6.45, 7) is 0.957. The van der Waals surface area contributed by atoms with Gasteiger partial charge in [0.2, 0.25) is 5.91 Å². The Labute approximate surface area is 150 Å². The van der Waals surface area contributed by atoms with E-state index in [1.54, 1.807) is 24.3 Å². The number of nitrogens with one attached hydrogen (secondary N) is 1. The van der Waals surface area contributed by atoms with Gasteiger partial charge in [-0.25, -0.2) is 4.79 Å². The monoisotopic (exact) mass is 357 g/mol. The molecule has 0 aromatic heterocycles. The van der Waals surface area contributed by atoms with Crippen molar-refractivity contribution in [2.24, 2.45) is 0 Å². The van der Waals surface area contributed by atoms with Gasteiger partial charge < -0.3 is 24.6 Å². The quantitative estimate of drug-likeness (QED) is 0.784. The number of fused-ring (bicyclic) bond motifs is 1. The van der Waals surface area contributed by atoms with Gasteiger partial charge in [-0.2, -0.15) is 0 Å². The van der Waals surface area contributed by atoms with E-state index in [0.29, 0.717) is 37.0 Å². The molecule has 0 spiro atoms. The predicted octanol–water partition coefficient (Wildman–Crippen LogP) is 1.78. The van der Waals surface area contributed by atoms with Crippen LogP contribution in [0.4, 0.5) is 0 Å². The van der Waals surface area contributed by atoms with Gasteiger partial charge in [0.25, 0.3) is 0 Å². The number of benzene rings is 2. The second-order valence-electron chi connectivity index (χ2n) is 5.76. The first kappa shape index (κ1) is 17.6. The number of carbonyl (C=O) groups is 2. The third kappa shape index (κ3) is 4.89. The Hall–Kier alpha value is -3.22. The molecule has 0 atom stereocenters. The summed E-state index contributed by atoms with van der Waals surface area (Å²) in [5, 5.41) is 11.5. The number of amides is 1. The van der Waals surface area contributed by atoms with Gasteiger partial charge in [-0.05, 0) is 35.4 Å². The van der Waals surface area contributed by atoms with E-state index in [-0.39, 0.29) is 12.3 Å².